The largest absolute Gasteiger partial charge is 0.392 e. The van der Waals surface area contributed by atoms with Crippen molar-refractivity contribution in [1.82, 2.24) is 0 Å². The number of hydrogen-bond donors (Lipinski definition) is 2. The molecule has 0 heterocycles. The maximum atomic E-state index is 9.72. The van der Waals surface area contributed by atoms with Gasteiger partial charge in [-0.2, -0.15) is 11.8 Å². The maximum absolute atomic E-state index is 9.72. The van der Waals surface area contributed by atoms with E-state index >= 15 is 0 Å². The molecule has 3 heteroatoms. The predicted molar refractivity (Wildman–Crippen MR) is 47.5 cm³/mol. The SMILES string of the molecule is CS[C@@H]1C[C@H]2[C@H](C[C@H]2N)[C@H]1O. The van der Waals surface area contributed by atoms with Crippen LogP contribution in [0.1, 0.15) is 12.8 Å². The minimum absolute atomic E-state index is 0.0743. The molecule has 2 aliphatic carbocycles. The van der Waals surface area contributed by atoms with Crippen molar-refractivity contribution in [2.24, 2.45) is 17.6 Å². The van der Waals surface area contributed by atoms with E-state index in [0.29, 0.717) is 23.1 Å². The van der Waals surface area contributed by atoms with E-state index in [1.165, 1.54) is 0 Å². The first-order valence-corrected chi connectivity index (χ1v) is 5.49. The van der Waals surface area contributed by atoms with Crippen molar-refractivity contribution in [1.29, 1.82) is 0 Å². The summed E-state index contributed by atoms with van der Waals surface area (Å²) in [5.41, 5.74) is 5.82. The Kier molecular flexibility index (Phi) is 1.90. The van der Waals surface area contributed by atoms with Gasteiger partial charge in [0.15, 0.2) is 0 Å². The molecular formula is C8H15NOS. The van der Waals surface area contributed by atoms with Gasteiger partial charge in [-0.3, -0.25) is 0 Å². The molecule has 2 rings (SSSR count). The Morgan fingerprint density at radius 2 is 2.09 bits per heavy atom. The fourth-order valence-electron chi connectivity index (χ4n) is 2.45. The van der Waals surface area contributed by atoms with E-state index in [1.54, 1.807) is 11.8 Å². The number of nitrogens with two attached hydrogens (primary N) is 1. The Balaban J connectivity index is 2.02. The molecule has 0 aromatic rings. The van der Waals surface area contributed by atoms with Gasteiger partial charge in [-0.15, -0.1) is 0 Å². The molecule has 0 aliphatic heterocycles. The second kappa shape index (κ2) is 2.64. The van der Waals surface area contributed by atoms with Crippen LogP contribution in [-0.2, 0) is 0 Å². The Labute approximate surface area is 71.5 Å². The molecule has 64 valence electrons. The van der Waals surface area contributed by atoms with Crippen LogP contribution in [0.2, 0.25) is 0 Å². The third kappa shape index (κ3) is 1.02. The molecule has 0 spiro atoms. The van der Waals surface area contributed by atoms with Gasteiger partial charge in [0, 0.05) is 11.3 Å². The van der Waals surface area contributed by atoms with E-state index in [4.69, 9.17) is 5.73 Å². The fourth-order valence-corrected chi connectivity index (χ4v) is 3.34. The lowest BCUT2D eigenvalue weighted by Crippen LogP contribution is -2.47. The predicted octanol–water partition coefficient (Wildman–Crippen LogP) is 0.446. The van der Waals surface area contributed by atoms with Gasteiger partial charge in [0.2, 0.25) is 0 Å². The van der Waals surface area contributed by atoms with Crippen molar-refractivity contribution in [2.75, 3.05) is 6.26 Å². The zero-order valence-electron chi connectivity index (χ0n) is 6.73. The third-order valence-corrected chi connectivity index (χ3v) is 4.35. The lowest BCUT2D eigenvalue weighted by atomic mass is 9.71. The fraction of sp³-hybridized carbons (Fsp3) is 1.00. The van der Waals surface area contributed by atoms with Crippen LogP contribution in [0.15, 0.2) is 0 Å². The first kappa shape index (κ1) is 7.90. The van der Waals surface area contributed by atoms with Gasteiger partial charge < -0.3 is 10.8 Å². The van der Waals surface area contributed by atoms with Gasteiger partial charge in [-0.05, 0) is 30.9 Å². The Morgan fingerprint density at radius 1 is 1.36 bits per heavy atom. The summed E-state index contributed by atoms with van der Waals surface area (Å²) in [5.74, 6) is 1.16. The average molecular weight is 173 g/mol. The molecule has 11 heavy (non-hydrogen) atoms. The standard InChI is InChI=1S/C8H15NOS/c1-11-7-3-4-5(8(7)10)2-6(4)9/h4-8,10H,2-3,9H2,1H3/t4-,5-,6+,7+,8+/m0/s1. The topological polar surface area (TPSA) is 46.2 Å². The normalized spacial score (nSPS) is 55.4. The minimum Gasteiger partial charge on any atom is -0.392 e. The van der Waals surface area contributed by atoms with E-state index in [1.807, 2.05) is 0 Å². The van der Waals surface area contributed by atoms with Crippen molar-refractivity contribution >= 4 is 11.8 Å². The van der Waals surface area contributed by atoms with Crippen LogP contribution in [0.5, 0.6) is 0 Å². The molecule has 2 nitrogen and oxygen atoms in total. The lowest BCUT2D eigenvalue weighted by molar-refractivity contribution is 0.0527. The summed E-state index contributed by atoms with van der Waals surface area (Å²) in [5, 5.41) is 10.2. The summed E-state index contributed by atoms with van der Waals surface area (Å²) in [7, 11) is 0. The van der Waals surface area contributed by atoms with Crippen molar-refractivity contribution < 1.29 is 5.11 Å². The molecule has 2 saturated carbocycles. The van der Waals surface area contributed by atoms with Crippen LogP contribution in [0.25, 0.3) is 0 Å². The van der Waals surface area contributed by atoms with Crippen LogP contribution in [0.4, 0.5) is 0 Å². The monoisotopic (exact) mass is 173 g/mol. The van der Waals surface area contributed by atoms with Crippen LogP contribution in [0.3, 0.4) is 0 Å². The Bertz CT molecular complexity index is 156. The molecule has 3 N–H and O–H groups in total. The summed E-state index contributed by atoms with van der Waals surface area (Å²) in [6.07, 6.45) is 4.18. The molecule has 0 unspecified atom stereocenters. The third-order valence-electron chi connectivity index (χ3n) is 3.27. The van der Waals surface area contributed by atoms with Gasteiger partial charge in [-0.25, -0.2) is 0 Å². The molecule has 2 aliphatic rings. The summed E-state index contributed by atoms with van der Waals surface area (Å²) < 4.78 is 0. The van der Waals surface area contributed by atoms with Crippen LogP contribution < -0.4 is 5.73 Å². The number of hydrogen-bond acceptors (Lipinski definition) is 3. The van der Waals surface area contributed by atoms with E-state index in [2.05, 4.69) is 6.26 Å². The van der Waals surface area contributed by atoms with Crippen LogP contribution in [-0.4, -0.2) is 28.8 Å². The van der Waals surface area contributed by atoms with Crippen molar-refractivity contribution in [3.63, 3.8) is 0 Å². The first-order chi connectivity index (χ1) is 5.24. The highest BCUT2D eigenvalue weighted by atomic mass is 32.2. The van der Waals surface area contributed by atoms with E-state index in [9.17, 15) is 5.11 Å². The second-order valence-corrected chi connectivity index (χ2v) is 4.80. The van der Waals surface area contributed by atoms with Gasteiger partial charge in [0.25, 0.3) is 0 Å². The number of rotatable bonds is 1. The van der Waals surface area contributed by atoms with Gasteiger partial charge in [0.1, 0.15) is 0 Å². The number of fused-ring (bicyclic) bond motifs is 1. The number of thioether (sulfide) groups is 1. The van der Waals surface area contributed by atoms with Crippen LogP contribution in [0, 0.1) is 11.8 Å². The maximum Gasteiger partial charge on any atom is 0.0690 e. The Hall–Kier alpha value is 0.270. The molecule has 0 aromatic heterocycles. The summed E-state index contributed by atoms with van der Waals surface area (Å²) in [4.78, 5) is 0. The highest BCUT2D eigenvalue weighted by Crippen LogP contribution is 2.49. The van der Waals surface area contributed by atoms with Gasteiger partial charge >= 0.3 is 0 Å². The molecule has 0 aromatic carbocycles. The van der Waals surface area contributed by atoms with E-state index in [0.717, 1.165) is 12.8 Å². The summed E-state index contributed by atoms with van der Waals surface area (Å²) in [6, 6.07) is 0.381. The van der Waals surface area contributed by atoms with Gasteiger partial charge in [0.05, 0.1) is 6.10 Å². The molecule has 0 radical (unpaired) electrons. The first-order valence-electron chi connectivity index (χ1n) is 4.20. The number of aliphatic hydroxyl groups is 1. The number of aliphatic hydroxyl groups excluding tert-OH is 1. The zero-order chi connectivity index (χ0) is 8.01. The van der Waals surface area contributed by atoms with Crippen LogP contribution >= 0.6 is 11.8 Å². The lowest BCUT2D eigenvalue weighted by Gasteiger charge is -2.38. The highest BCUT2D eigenvalue weighted by Gasteiger charge is 2.51. The smallest absolute Gasteiger partial charge is 0.0690 e. The van der Waals surface area contributed by atoms with Gasteiger partial charge in [-0.1, -0.05) is 0 Å². The minimum atomic E-state index is -0.0743. The van der Waals surface area contributed by atoms with Crippen molar-refractivity contribution in [2.45, 2.75) is 30.2 Å². The molecule has 5 atom stereocenters. The average Bonchev–Trinajstić information content (AvgIpc) is 2.24. The van der Waals surface area contributed by atoms with E-state index in [-0.39, 0.29) is 6.10 Å². The summed E-state index contributed by atoms with van der Waals surface area (Å²) in [6.45, 7) is 0. The molecular weight excluding hydrogens is 158 g/mol. The molecule has 0 saturated heterocycles. The quantitative estimate of drug-likeness (QED) is 0.605. The molecule has 0 bridgehead atoms. The van der Waals surface area contributed by atoms with E-state index < -0.39 is 0 Å². The Morgan fingerprint density at radius 3 is 2.55 bits per heavy atom. The molecule has 0 amide bonds. The van der Waals surface area contributed by atoms with Crippen molar-refractivity contribution in [3.05, 3.63) is 0 Å². The highest BCUT2D eigenvalue weighted by molar-refractivity contribution is 7.99. The van der Waals surface area contributed by atoms with Crippen molar-refractivity contribution in [3.8, 4) is 0 Å². The second-order valence-electron chi connectivity index (χ2n) is 3.73. The summed E-state index contributed by atoms with van der Waals surface area (Å²) >= 11 is 1.78. The molecule has 2 fully saturated rings. The zero-order valence-corrected chi connectivity index (χ0v) is 7.55.